The third-order valence-electron chi connectivity index (χ3n) is 2.21. The summed E-state index contributed by atoms with van der Waals surface area (Å²) in [6.07, 6.45) is 0.493. The van der Waals surface area contributed by atoms with Gasteiger partial charge < -0.3 is 4.74 Å². The van der Waals surface area contributed by atoms with Crippen LogP contribution in [0.1, 0.15) is 20.3 Å². The van der Waals surface area contributed by atoms with Gasteiger partial charge in [0.25, 0.3) is 0 Å². The number of ether oxygens (including phenoxy) is 1. The molecule has 0 aliphatic rings. The summed E-state index contributed by atoms with van der Waals surface area (Å²) in [6.45, 7) is 3.49. The molecule has 3 nitrogen and oxygen atoms in total. The first kappa shape index (κ1) is 13.6. The van der Waals surface area contributed by atoms with Crippen LogP contribution in [0.3, 0.4) is 0 Å². The van der Waals surface area contributed by atoms with Gasteiger partial charge in [-0.25, -0.2) is 4.98 Å². The van der Waals surface area contributed by atoms with E-state index < -0.39 is 5.60 Å². The van der Waals surface area contributed by atoms with E-state index in [1.165, 1.54) is 12.1 Å². The van der Waals surface area contributed by atoms with Crippen molar-refractivity contribution in [3.63, 3.8) is 0 Å². The Balaban J connectivity index is 2.99. The van der Waals surface area contributed by atoms with Crippen LogP contribution in [-0.2, 0) is 4.79 Å². The summed E-state index contributed by atoms with van der Waals surface area (Å²) in [4.78, 5) is 15.1. The highest BCUT2D eigenvalue weighted by atomic mass is 35.5. The largest absolute Gasteiger partial charge is 0.479 e. The Labute approximate surface area is 110 Å². The van der Waals surface area contributed by atoms with E-state index in [9.17, 15) is 4.79 Å². The van der Waals surface area contributed by atoms with Gasteiger partial charge in [0.05, 0.1) is 0 Å². The number of thiol groups is 1. The van der Waals surface area contributed by atoms with Gasteiger partial charge in [-0.05, 0) is 13.3 Å². The van der Waals surface area contributed by atoms with Crippen LogP contribution in [0.4, 0.5) is 0 Å². The quantitative estimate of drug-likeness (QED) is 0.678. The van der Waals surface area contributed by atoms with E-state index in [1.54, 1.807) is 6.92 Å². The molecule has 1 heterocycles. The first-order valence-electron chi connectivity index (χ1n) is 4.63. The molecular weight excluding hydrogens is 269 g/mol. The predicted octanol–water partition coefficient (Wildman–Crippen LogP) is 3.39. The fraction of sp³-hybridized carbons (Fsp3) is 0.400. The van der Waals surface area contributed by atoms with Gasteiger partial charge in [-0.1, -0.05) is 30.1 Å². The molecule has 0 spiro atoms. The molecule has 1 aromatic rings. The molecule has 1 unspecified atom stereocenters. The average Bonchev–Trinajstić information content (AvgIpc) is 2.15. The van der Waals surface area contributed by atoms with Crippen molar-refractivity contribution >= 4 is 40.9 Å². The van der Waals surface area contributed by atoms with Gasteiger partial charge in [0.2, 0.25) is 5.12 Å². The van der Waals surface area contributed by atoms with E-state index in [0.717, 1.165) is 0 Å². The third kappa shape index (κ3) is 3.27. The van der Waals surface area contributed by atoms with E-state index in [-0.39, 0.29) is 15.4 Å². The van der Waals surface area contributed by atoms with Gasteiger partial charge in [0.1, 0.15) is 16.1 Å². The number of carbonyl (C=O) groups excluding carboxylic acids is 1. The van der Waals surface area contributed by atoms with Crippen molar-refractivity contribution in [3.05, 3.63) is 22.4 Å². The lowest BCUT2D eigenvalue weighted by Crippen LogP contribution is -2.38. The smallest absolute Gasteiger partial charge is 0.229 e. The third-order valence-corrected chi connectivity index (χ3v) is 3.07. The average molecular weight is 280 g/mol. The Morgan fingerprint density at radius 3 is 2.38 bits per heavy atom. The molecule has 0 aliphatic carbocycles. The summed E-state index contributed by atoms with van der Waals surface area (Å²) in [5.41, 5.74) is -0.989. The fourth-order valence-electron chi connectivity index (χ4n) is 1.03. The molecule has 0 bridgehead atoms. The van der Waals surface area contributed by atoms with E-state index in [4.69, 9.17) is 27.9 Å². The predicted molar refractivity (Wildman–Crippen MR) is 67.6 cm³/mol. The molecule has 0 aliphatic heterocycles. The van der Waals surface area contributed by atoms with Gasteiger partial charge in [-0.3, -0.25) is 4.79 Å². The Bertz CT molecular complexity index is 394. The molecule has 16 heavy (non-hydrogen) atoms. The molecule has 1 atom stereocenters. The second-order valence-electron chi connectivity index (χ2n) is 3.44. The molecule has 0 saturated carbocycles. The second-order valence-corrected chi connectivity index (χ2v) is 4.62. The molecular formula is C10H11Cl2NO2S. The molecule has 0 N–H and O–H groups in total. The lowest BCUT2D eigenvalue weighted by Gasteiger charge is -2.26. The zero-order valence-electron chi connectivity index (χ0n) is 8.83. The molecule has 0 amide bonds. The van der Waals surface area contributed by atoms with E-state index >= 15 is 0 Å². The van der Waals surface area contributed by atoms with Gasteiger partial charge in [0, 0.05) is 12.1 Å². The molecule has 0 fully saturated rings. The number of rotatable bonds is 4. The first-order chi connectivity index (χ1) is 7.37. The number of aromatic nitrogens is 1. The molecule has 1 aromatic heterocycles. The SMILES string of the molecule is CCC(C)(Oc1cc(Cl)nc(Cl)c1)C(=O)S. The zero-order valence-corrected chi connectivity index (χ0v) is 11.2. The Kier molecular flexibility index (Phi) is 4.47. The Morgan fingerprint density at radius 2 is 2.00 bits per heavy atom. The molecule has 1 rings (SSSR count). The Morgan fingerprint density at radius 1 is 1.50 bits per heavy atom. The van der Waals surface area contributed by atoms with Crippen LogP contribution in [0.5, 0.6) is 5.75 Å². The number of pyridine rings is 1. The number of halogens is 2. The van der Waals surface area contributed by atoms with Gasteiger partial charge >= 0.3 is 0 Å². The zero-order chi connectivity index (χ0) is 12.3. The van der Waals surface area contributed by atoms with Gasteiger partial charge in [0.15, 0.2) is 5.60 Å². The lowest BCUT2D eigenvalue weighted by molar-refractivity contribution is -0.123. The van der Waals surface area contributed by atoms with Crippen molar-refractivity contribution in [3.8, 4) is 5.75 Å². The fourth-order valence-corrected chi connectivity index (χ4v) is 1.67. The second kappa shape index (κ2) is 5.25. The van der Waals surface area contributed by atoms with Gasteiger partial charge in [-0.2, -0.15) is 0 Å². The summed E-state index contributed by atoms with van der Waals surface area (Å²) >= 11 is 15.2. The molecule has 0 aromatic carbocycles. The van der Waals surface area contributed by atoms with Crippen LogP contribution in [0.15, 0.2) is 12.1 Å². The van der Waals surface area contributed by atoms with Crippen LogP contribution in [-0.4, -0.2) is 15.7 Å². The van der Waals surface area contributed by atoms with Crippen molar-refractivity contribution in [2.24, 2.45) is 0 Å². The maximum Gasteiger partial charge on any atom is 0.229 e. The van der Waals surface area contributed by atoms with E-state index in [2.05, 4.69) is 17.6 Å². The van der Waals surface area contributed by atoms with Crippen molar-refractivity contribution in [2.45, 2.75) is 25.9 Å². The van der Waals surface area contributed by atoms with E-state index in [1.807, 2.05) is 6.92 Å². The summed E-state index contributed by atoms with van der Waals surface area (Å²) in [5.74, 6) is 0.400. The van der Waals surface area contributed by atoms with Crippen molar-refractivity contribution < 1.29 is 9.53 Å². The number of nitrogens with zero attached hydrogens (tertiary/aromatic N) is 1. The normalized spacial score (nSPS) is 14.3. The van der Waals surface area contributed by atoms with Gasteiger partial charge in [-0.15, -0.1) is 12.6 Å². The summed E-state index contributed by atoms with van der Waals surface area (Å²) in [6, 6.07) is 3.00. The standard InChI is InChI=1S/C10H11Cl2NO2S/c1-3-10(2,9(14)16)15-6-4-7(11)13-8(12)5-6/h4-5H,3H2,1-2H3,(H,14,16). The molecule has 6 heteroatoms. The summed E-state index contributed by atoms with van der Waals surface area (Å²) in [5, 5.41) is 0.0826. The maximum atomic E-state index is 11.3. The maximum absolute atomic E-state index is 11.3. The Hall–Kier alpha value is -0.450. The topological polar surface area (TPSA) is 39.2 Å². The minimum atomic E-state index is -0.989. The highest BCUT2D eigenvalue weighted by Crippen LogP contribution is 2.27. The van der Waals surface area contributed by atoms with Crippen molar-refractivity contribution in [1.29, 1.82) is 0 Å². The van der Waals surface area contributed by atoms with Crippen LogP contribution in [0, 0.1) is 0 Å². The van der Waals surface area contributed by atoms with Crippen LogP contribution in [0.2, 0.25) is 10.3 Å². The highest BCUT2D eigenvalue weighted by molar-refractivity contribution is 7.96. The summed E-state index contributed by atoms with van der Waals surface area (Å²) < 4.78 is 5.54. The number of hydrogen-bond acceptors (Lipinski definition) is 3. The van der Waals surface area contributed by atoms with Crippen LogP contribution < -0.4 is 4.74 Å². The van der Waals surface area contributed by atoms with Crippen LogP contribution in [0.25, 0.3) is 0 Å². The van der Waals surface area contributed by atoms with E-state index in [0.29, 0.717) is 12.2 Å². The number of hydrogen-bond donors (Lipinski definition) is 1. The van der Waals surface area contributed by atoms with Crippen LogP contribution >= 0.6 is 35.8 Å². The molecule has 0 saturated heterocycles. The highest BCUT2D eigenvalue weighted by Gasteiger charge is 2.31. The van der Waals surface area contributed by atoms with Crippen molar-refractivity contribution in [2.75, 3.05) is 0 Å². The minimum Gasteiger partial charge on any atom is -0.479 e. The first-order valence-corrected chi connectivity index (χ1v) is 5.83. The minimum absolute atomic E-state index is 0.215. The van der Waals surface area contributed by atoms with Crippen molar-refractivity contribution in [1.82, 2.24) is 4.98 Å². The summed E-state index contributed by atoms with van der Waals surface area (Å²) in [7, 11) is 0. The number of carbonyl (C=O) groups is 1. The monoisotopic (exact) mass is 279 g/mol. The lowest BCUT2D eigenvalue weighted by atomic mass is 10.1. The molecule has 88 valence electrons. The molecule has 0 radical (unpaired) electrons.